The second kappa shape index (κ2) is 10.4. The molecule has 0 bridgehead atoms. The second-order valence-electron chi connectivity index (χ2n) is 7.15. The first-order valence-corrected chi connectivity index (χ1v) is 9.84. The van der Waals surface area contributed by atoms with Gasteiger partial charge in [-0.25, -0.2) is 4.79 Å². The number of carbonyl (C=O) groups excluding carboxylic acids is 2. The van der Waals surface area contributed by atoms with Crippen LogP contribution in [0.5, 0.6) is 11.5 Å². The van der Waals surface area contributed by atoms with Gasteiger partial charge in [-0.15, -0.1) is 0 Å². The summed E-state index contributed by atoms with van der Waals surface area (Å²) in [5.74, 6) is 1.11. The van der Waals surface area contributed by atoms with Gasteiger partial charge in [0.2, 0.25) is 0 Å². The molecular weight excluding hydrogens is 382 g/mol. The Morgan fingerprint density at radius 1 is 1.25 bits per heavy atom. The van der Waals surface area contributed by atoms with Crippen molar-refractivity contribution >= 4 is 29.6 Å². The monoisotopic (exact) mass is 409 g/mol. The normalized spacial score (nSPS) is 19.5. The Balaban J connectivity index is 1.93. The lowest BCUT2D eigenvalue weighted by Gasteiger charge is -2.34. The van der Waals surface area contributed by atoms with Crippen molar-refractivity contribution in [1.82, 2.24) is 4.90 Å². The van der Waals surface area contributed by atoms with Crippen LogP contribution in [0.3, 0.4) is 0 Å². The molecule has 1 aromatic carbocycles. The average molecular weight is 410 g/mol. The van der Waals surface area contributed by atoms with E-state index < -0.39 is 5.97 Å². The van der Waals surface area contributed by atoms with Crippen LogP contribution in [0.4, 0.5) is 0 Å². The molecule has 28 heavy (non-hydrogen) atoms. The maximum Gasteiger partial charge on any atom is 0.331 e. The lowest BCUT2D eigenvalue weighted by molar-refractivity contribution is -0.149. The van der Waals surface area contributed by atoms with Gasteiger partial charge in [0.05, 0.1) is 18.7 Å². The predicted octanol–water partition coefficient (Wildman–Crippen LogP) is 3.81. The van der Waals surface area contributed by atoms with Gasteiger partial charge in [0.15, 0.2) is 18.1 Å². The van der Waals surface area contributed by atoms with Crippen LogP contribution in [0.1, 0.15) is 32.8 Å². The molecule has 0 aromatic heterocycles. The van der Waals surface area contributed by atoms with Gasteiger partial charge in [0.25, 0.3) is 5.91 Å². The number of halogens is 1. The number of methoxy groups -OCH3 is 1. The number of piperidine rings is 1. The topological polar surface area (TPSA) is 65.1 Å². The number of hydrogen-bond donors (Lipinski definition) is 0. The fourth-order valence-electron chi connectivity index (χ4n) is 3.42. The largest absolute Gasteiger partial charge is 0.493 e. The molecule has 1 aromatic rings. The average Bonchev–Trinajstić information content (AvgIpc) is 2.65. The number of benzene rings is 1. The van der Waals surface area contributed by atoms with Crippen molar-refractivity contribution in [3.8, 4) is 11.5 Å². The molecule has 1 amide bonds. The van der Waals surface area contributed by atoms with E-state index in [1.165, 1.54) is 13.2 Å². The van der Waals surface area contributed by atoms with E-state index in [2.05, 4.69) is 13.8 Å². The minimum absolute atomic E-state index is 0.161. The molecule has 0 aliphatic carbocycles. The zero-order valence-electron chi connectivity index (χ0n) is 16.9. The summed E-state index contributed by atoms with van der Waals surface area (Å²) in [5, 5.41) is 0.387. The highest BCUT2D eigenvalue weighted by atomic mass is 35.5. The molecule has 1 aliphatic heterocycles. The number of carbonyl (C=O) groups is 2. The van der Waals surface area contributed by atoms with Crippen LogP contribution in [0.25, 0.3) is 6.08 Å². The molecule has 0 N–H and O–H groups in total. The van der Waals surface area contributed by atoms with Crippen LogP contribution in [-0.2, 0) is 14.3 Å². The number of nitrogens with zero attached hydrogens (tertiary/aromatic N) is 1. The molecular formula is C21H28ClNO5. The van der Waals surface area contributed by atoms with Crippen LogP contribution < -0.4 is 9.47 Å². The zero-order valence-corrected chi connectivity index (χ0v) is 17.6. The first kappa shape index (κ1) is 22.1. The molecule has 7 heteroatoms. The van der Waals surface area contributed by atoms with E-state index in [0.717, 1.165) is 6.42 Å². The molecule has 0 radical (unpaired) electrons. The summed E-state index contributed by atoms with van der Waals surface area (Å²) in [6.45, 7) is 7.73. The Labute approximate surface area is 171 Å². The van der Waals surface area contributed by atoms with Crippen molar-refractivity contribution in [3.05, 3.63) is 28.8 Å². The summed E-state index contributed by atoms with van der Waals surface area (Å²) in [7, 11) is 1.52. The predicted molar refractivity (Wildman–Crippen MR) is 109 cm³/mol. The number of likely N-dealkylation sites (tertiary alicyclic amines) is 1. The van der Waals surface area contributed by atoms with Crippen molar-refractivity contribution in [2.75, 3.05) is 33.4 Å². The van der Waals surface area contributed by atoms with E-state index in [4.69, 9.17) is 25.8 Å². The number of hydrogen-bond acceptors (Lipinski definition) is 5. The van der Waals surface area contributed by atoms with Crippen LogP contribution in [-0.4, -0.2) is 50.2 Å². The van der Waals surface area contributed by atoms with Gasteiger partial charge in [-0.1, -0.05) is 25.4 Å². The third-order valence-electron chi connectivity index (χ3n) is 4.51. The molecule has 2 rings (SSSR count). The molecule has 1 fully saturated rings. The Hall–Kier alpha value is -2.21. The van der Waals surface area contributed by atoms with Crippen LogP contribution in [0, 0.1) is 11.8 Å². The van der Waals surface area contributed by atoms with Crippen molar-refractivity contribution in [2.24, 2.45) is 11.8 Å². The number of esters is 1. The van der Waals surface area contributed by atoms with Gasteiger partial charge >= 0.3 is 5.97 Å². The zero-order chi connectivity index (χ0) is 20.7. The SMILES string of the molecule is CCOc1c(Cl)cc(/C=C/C(=O)OCC(=O)N2C[C@H](C)C[C@H](C)C2)cc1OC. The molecule has 0 spiro atoms. The summed E-state index contributed by atoms with van der Waals surface area (Å²) in [4.78, 5) is 26.0. The molecule has 1 aliphatic rings. The van der Waals surface area contributed by atoms with E-state index in [0.29, 0.717) is 53.6 Å². The van der Waals surface area contributed by atoms with E-state index >= 15 is 0 Å². The minimum atomic E-state index is -0.588. The second-order valence-corrected chi connectivity index (χ2v) is 7.56. The van der Waals surface area contributed by atoms with Crippen molar-refractivity contribution in [3.63, 3.8) is 0 Å². The summed E-state index contributed by atoms with van der Waals surface area (Å²) in [6.07, 6.45) is 3.93. The molecule has 6 nitrogen and oxygen atoms in total. The van der Waals surface area contributed by atoms with Gasteiger partial charge in [-0.2, -0.15) is 0 Å². The van der Waals surface area contributed by atoms with Gasteiger partial charge < -0.3 is 19.1 Å². The summed E-state index contributed by atoms with van der Waals surface area (Å²) >= 11 is 6.21. The Kier molecular flexibility index (Phi) is 8.18. The molecule has 1 heterocycles. The first-order chi connectivity index (χ1) is 13.3. The molecule has 0 unspecified atom stereocenters. The Morgan fingerprint density at radius 3 is 2.54 bits per heavy atom. The van der Waals surface area contributed by atoms with Crippen LogP contribution >= 0.6 is 11.6 Å². The van der Waals surface area contributed by atoms with Crippen LogP contribution in [0.15, 0.2) is 18.2 Å². The van der Waals surface area contributed by atoms with Crippen LogP contribution in [0.2, 0.25) is 5.02 Å². The van der Waals surface area contributed by atoms with Gasteiger partial charge in [0, 0.05) is 19.2 Å². The van der Waals surface area contributed by atoms with E-state index in [1.54, 1.807) is 23.1 Å². The highest BCUT2D eigenvalue weighted by molar-refractivity contribution is 6.32. The number of rotatable bonds is 7. The summed E-state index contributed by atoms with van der Waals surface area (Å²) in [6, 6.07) is 3.38. The third kappa shape index (κ3) is 6.16. The smallest absolute Gasteiger partial charge is 0.331 e. The Morgan fingerprint density at radius 2 is 1.93 bits per heavy atom. The first-order valence-electron chi connectivity index (χ1n) is 9.47. The van der Waals surface area contributed by atoms with Crippen molar-refractivity contribution in [2.45, 2.75) is 27.2 Å². The van der Waals surface area contributed by atoms with E-state index in [9.17, 15) is 9.59 Å². The highest BCUT2D eigenvalue weighted by Gasteiger charge is 2.25. The van der Waals surface area contributed by atoms with E-state index in [-0.39, 0.29) is 12.5 Å². The fraction of sp³-hybridized carbons (Fsp3) is 0.524. The lowest BCUT2D eigenvalue weighted by atomic mass is 9.92. The summed E-state index contributed by atoms with van der Waals surface area (Å²) in [5.41, 5.74) is 0.659. The molecule has 0 saturated carbocycles. The Bertz CT molecular complexity index is 724. The van der Waals surface area contributed by atoms with Gasteiger partial charge in [0.1, 0.15) is 0 Å². The maximum absolute atomic E-state index is 12.3. The minimum Gasteiger partial charge on any atom is -0.493 e. The van der Waals surface area contributed by atoms with Crippen molar-refractivity contribution < 1.29 is 23.8 Å². The summed E-state index contributed by atoms with van der Waals surface area (Å²) < 4.78 is 15.8. The van der Waals surface area contributed by atoms with Gasteiger partial charge in [-0.05, 0) is 49.0 Å². The van der Waals surface area contributed by atoms with E-state index in [1.807, 2.05) is 6.92 Å². The number of ether oxygens (including phenoxy) is 3. The molecule has 1 saturated heterocycles. The molecule has 2 atom stereocenters. The maximum atomic E-state index is 12.3. The number of amides is 1. The quantitative estimate of drug-likeness (QED) is 0.506. The standard InChI is InChI=1S/C21H28ClNO5/c1-5-27-21-17(22)9-16(10-18(21)26-4)6-7-20(25)28-13-19(24)23-11-14(2)8-15(3)12-23/h6-7,9-10,14-15H,5,8,11-13H2,1-4H3/b7-6+/t14-,15+. The van der Waals surface area contributed by atoms with Crippen molar-refractivity contribution in [1.29, 1.82) is 0 Å². The fourth-order valence-corrected chi connectivity index (χ4v) is 3.70. The highest BCUT2D eigenvalue weighted by Crippen LogP contribution is 2.36. The molecule has 154 valence electrons. The lowest BCUT2D eigenvalue weighted by Crippen LogP contribution is -2.44. The third-order valence-corrected chi connectivity index (χ3v) is 4.79. The van der Waals surface area contributed by atoms with Gasteiger partial charge in [-0.3, -0.25) is 4.79 Å².